The molecule has 7 heteroatoms. The third kappa shape index (κ3) is 3.45. The Hall–Kier alpha value is -2.96. The van der Waals surface area contributed by atoms with Crippen molar-refractivity contribution < 1.29 is 17.9 Å². The van der Waals surface area contributed by atoms with Gasteiger partial charge in [0.2, 0.25) is 0 Å². The van der Waals surface area contributed by atoms with E-state index in [4.69, 9.17) is 5.73 Å². The van der Waals surface area contributed by atoms with Crippen LogP contribution in [0.4, 0.5) is 18.9 Å². The van der Waals surface area contributed by atoms with Crippen LogP contribution in [0.2, 0.25) is 0 Å². The number of benzene rings is 2. The first-order valence-electron chi connectivity index (χ1n) is 6.67. The highest BCUT2D eigenvalue weighted by Gasteiger charge is 2.30. The first kappa shape index (κ1) is 15.0. The van der Waals surface area contributed by atoms with Crippen molar-refractivity contribution in [1.82, 2.24) is 9.55 Å². The van der Waals surface area contributed by atoms with Gasteiger partial charge in [0.1, 0.15) is 5.75 Å². The molecule has 0 saturated carbocycles. The van der Waals surface area contributed by atoms with E-state index in [1.807, 2.05) is 18.2 Å². The maximum Gasteiger partial charge on any atom is 0.573 e. The van der Waals surface area contributed by atoms with E-state index in [2.05, 4.69) is 9.72 Å². The van der Waals surface area contributed by atoms with Crippen LogP contribution in [0.3, 0.4) is 0 Å². The van der Waals surface area contributed by atoms with Crippen molar-refractivity contribution in [2.45, 2.75) is 6.36 Å². The number of alkyl halides is 3. The van der Waals surface area contributed by atoms with Gasteiger partial charge in [0.25, 0.3) is 0 Å². The van der Waals surface area contributed by atoms with Crippen molar-refractivity contribution in [3.8, 4) is 22.7 Å². The molecule has 0 radical (unpaired) electrons. The minimum atomic E-state index is -4.70. The zero-order valence-corrected chi connectivity index (χ0v) is 11.8. The third-order valence-corrected chi connectivity index (χ3v) is 3.19. The van der Waals surface area contributed by atoms with E-state index in [0.717, 1.165) is 5.56 Å². The number of halogens is 3. The molecule has 23 heavy (non-hydrogen) atoms. The largest absolute Gasteiger partial charge is 0.573 e. The predicted molar refractivity (Wildman–Crippen MR) is 80.1 cm³/mol. The second kappa shape index (κ2) is 5.68. The summed E-state index contributed by atoms with van der Waals surface area (Å²) in [7, 11) is 0. The lowest BCUT2D eigenvalue weighted by Crippen LogP contribution is -2.17. The van der Waals surface area contributed by atoms with Crippen LogP contribution < -0.4 is 10.5 Å². The minimum Gasteiger partial charge on any atom is -0.406 e. The first-order chi connectivity index (χ1) is 10.9. The average molecular weight is 319 g/mol. The number of aromatic nitrogens is 2. The molecule has 0 amide bonds. The lowest BCUT2D eigenvalue weighted by molar-refractivity contribution is -0.274. The summed E-state index contributed by atoms with van der Waals surface area (Å²) in [4.78, 5) is 4.28. The molecule has 0 fully saturated rings. The molecule has 0 atom stereocenters. The fourth-order valence-electron chi connectivity index (χ4n) is 2.15. The third-order valence-electron chi connectivity index (χ3n) is 3.19. The van der Waals surface area contributed by atoms with Crippen LogP contribution in [0.25, 0.3) is 16.9 Å². The summed E-state index contributed by atoms with van der Waals surface area (Å²) < 4.78 is 42.0. The summed E-state index contributed by atoms with van der Waals surface area (Å²) in [6.45, 7) is 0. The Balaban J connectivity index is 1.85. The zero-order valence-electron chi connectivity index (χ0n) is 11.8. The van der Waals surface area contributed by atoms with Gasteiger partial charge in [-0.05, 0) is 30.3 Å². The molecule has 3 rings (SSSR count). The number of nitrogen functional groups attached to an aromatic ring is 1. The number of nitrogens with two attached hydrogens (primary N) is 1. The Bertz CT molecular complexity index is 810. The average Bonchev–Trinajstić information content (AvgIpc) is 2.96. The molecule has 0 aliphatic heterocycles. The fourth-order valence-corrected chi connectivity index (χ4v) is 2.15. The van der Waals surface area contributed by atoms with E-state index in [-0.39, 0.29) is 5.75 Å². The quantitative estimate of drug-likeness (QED) is 0.742. The Morgan fingerprint density at radius 1 is 1.00 bits per heavy atom. The number of hydrogen-bond donors (Lipinski definition) is 1. The van der Waals surface area contributed by atoms with E-state index < -0.39 is 6.36 Å². The zero-order chi connectivity index (χ0) is 16.4. The molecule has 118 valence electrons. The number of imidazole rings is 1. The van der Waals surface area contributed by atoms with Crippen molar-refractivity contribution in [3.63, 3.8) is 0 Å². The van der Waals surface area contributed by atoms with Crippen molar-refractivity contribution in [1.29, 1.82) is 0 Å². The monoisotopic (exact) mass is 319 g/mol. The lowest BCUT2D eigenvalue weighted by Gasteiger charge is -2.09. The molecule has 2 aromatic carbocycles. The Morgan fingerprint density at radius 3 is 2.35 bits per heavy atom. The SMILES string of the molecule is Nc1ccccc1-c1cn(-c2ccc(OC(F)(F)F)cc2)cn1. The molecular formula is C16H12F3N3O. The highest BCUT2D eigenvalue weighted by Crippen LogP contribution is 2.26. The van der Waals surface area contributed by atoms with E-state index in [1.165, 1.54) is 24.3 Å². The van der Waals surface area contributed by atoms with Crippen LogP contribution in [0.5, 0.6) is 5.75 Å². The topological polar surface area (TPSA) is 53.1 Å². The van der Waals surface area contributed by atoms with Gasteiger partial charge < -0.3 is 15.0 Å². The van der Waals surface area contributed by atoms with Crippen molar-refractivity contribution in [2.24, 2.45) is 0 Å². The van der Waals surface area contributed by atoms with Gasteiger partial charge in [0, 0.05) is 23.1 Å². The minimum absolute atomic E-state index is 0.270. The maximum atomic E-state index is 12.1. The number of rotatable bonds is 3. The summed E-state index contributed by atoms with van der Waals surface area (Å²) >= 11 is 0. The molecule has 0 spiro atoms. The lowest BCUT2D eigenvalue weighted by atomic mass is 10.1. The number of anilines is 1. The molecule has 0 unspecified atom stereocenters. The van der Waals surface area contributed by atoms with E-state index in [9.17, 15) is 13.2 Å². The summed E-state index contributed by atoms with van der Waals surface area (Å²) in [5.41, 5.74) is 8.64. The van der Waals surface area contributed by atoms with Crippen molar-refractivity contribution >= 4 is 5.69 Å². The Morgan fingerprint density at radius 2 is 1.70 bits per heavy atom. The van der Waals surface area contributed by atoms with Crippen LogP contribution in [-0.4, -0.2) is 15.9 Å². The molecule has 0 saturated heterocycles. The molecule has 0 aliphatic carbocycles. The Labute approximate surface area is 129 Å². The fraction of sp³-hybridized carbons (Fsp3) is 0.0625. The van der Waals surface area contributed by atoms with Gasteiger partial charge in [-0.2, -0.15) is 0 Å². The van der Waals surface area contributed by atoms with Gasteiger partial charge in [-0.3, -0.25) is 0 Å². The van der Waals surface area contributed by atoms with Crippen molar-refractivity contribution in [3.05, 3.63) is 61.1 Å². The summed E-state index contributed by atoms with van der Waals surface area (Å²) in [6.07, 6.45) is -1.37. The number of ether oxygens (including phenoxy) is 1. The Kier molecular flexibility index (Phi) is 3.69. The normalized spacial score (nSPS) is 11.4. The molecule has 0 aliphatic rings. The number of para-hydroxylation sites is 1. The van der Waals surface area contributed by atoms with Crippen LogP contribution in [-0.2, 0) is 0 Å². The van der Waals surface area contributed by atoms with Crippen LogP contribution in [0, 0.1) is 0 Å². The summed E-state index contributed by atoms with van der Waals surface area (Å²) in [5, 5.41) is 0. The molecule has 4 nitrogen and oxygen atoms in total. The molecule has 1 aromatic heterocycles. The summed E-state index contributed by atoms with van der Waals surface area (Å²) in [6, 6.07) is 12.8. The highest BCUT2D eigenvalue weighted by molar-refractivity contribution is 5.73. The van der Waals surface area contributed by atoms with Crippen LogP contribution >= 0.6 is 0 Å². The van der Waals surface area contributed by atoms with Crippen LogP contribution in [0.15, 0.2) is 61.1 Å². The van der Waals surface area contributed by atoms with Gasteiger partial charge in [-0.1, -0.05) is 18.2 Å². The van der Waals surface area contributed by atoms with E-state index in [1.54, 1.807) is 23.2 Å². The molecule has 0 bridgehead atoms. The molecule has 2 N–H and O–H groups in total. The van der Waals surface area contributed by atoms with Crippen LogP contribution in [0.1, 0.15) is 0 Å². The molecule has 3 aromatic rings. The molecule has 1 heterocycles. The van der Waals surface area contributed by atoms with Gasteiger partial charge >= 0.3 is 6.36 Å². The summed E-state index contributed by atoms with van der Waals surface area (Å²) in [5.74, 6) is -0.270. The van der Waals surface area contributed by atoms with E-state index in [0.29, 0.717) is 17.1 Å². The standard InChI is InChI=1S/C16H12F3N3O/c17-16(18,19)23-12-7-5-11(6-8-12)22-9-15(21-10-22)13-3-1-2-4-14(13)20/h1-10H,20H2. The number of hydrogen-bond acceptors (Lipinski definition) is 3. The number of nitrogens with zero attached hydrogens (tertiary/aromatic N) is 2. The van der Waals surface area contributed by atoms with E-state index >= 15 is 0 Å². The van der Waals surface area contributed by atoms with Gasteiger partial charge in [0.05, 0.1) is 12.0 Å². The predicted octanol–water partition coefficient (Wildman–Crippen LogP) is 4.02. The van der Waals surface area contributed by atoms with Gasteiger partial charge in [0.15, 0.2) is 0 Å². The van der Waals surface area contributed by atoms with Gasteiger partial charge in [-0.25, -0.2) is 4.98 Å². The maximum absolute atomic E-state index is 12.1. The second-order valence-electron chi connectivity index (χ2n) is 4.80. The van der Waals surface area contributed by atoms with Gasteiger partial charge in [-0.15, -0.1) is 13.2 Å². The van der Waals surface area contributed by atoms with Crippen molar-refractivity contribution in [2.75, 3.05) is 5.73 Å². The molecular weight excluding hydrogens is 307 g/mol. The highest BCUT2D eigenvalue weighted by atomic mass is 19.4. The smallest absolute Gasteiger partial charge is 0.406 e. The second-order valence-corrected chi connectivity index (χ2v) is 4.80. The first-order valence-corrected chi connectivity index (χ1v) is 6.67.